The summed E-state index contributed by atoms with van der Waals surface area (Å²) in [6.45, 7) is 7.58. The van der Waals surface area contributed by atoms with Gasteiger partial charge in [-0.05, 0) is 27.2 Å². The highest BCUT2D eigenvalue weighted by molar-refractivity contribution is 5.68. The zero-order valence-electron chi connectivity index (χ0n) is 10.9. The van der Waals surface area contributed by atoms with Crippen molar-refractivity contribution in [1.29, 1.82) is 0 Å². The molecule has 98 valence electrons. The van der Waals surface area contributed by atoms with Crippen molar-refractivity contribution in [2.75, 3.05) is 19.7 Å². The molecule has 0 aromatic carbocycles. The molecule has 0 radical (unpaired) electrons. The summed E-state index contributed by atoms with van der Waals surface area (Å²) in [5.74, 6) is 0. The van der Waals surface area contributed by atoms with Crippen molar-refractivity contribution in [3.05, 3.63) is 0 Å². The quantitative estimate of drug-likeness (QED) is 0.691. The van der Waals surface area contributed by atoms with Crippen LogP contribution >= 0.6 is 0 Å². The Hall–Kier alpha value is -0.810. The Morgan fingerprint density at radius 2 is 2.12 bits per heavy atom. The molecular weight excluding hydrogens is 220 g/mol. The van der Waals surface area contributed by atoms with Crippen LogP contribution in [-0.2, 0) is 9.47 Å². The number of likely N-dealkylation sites (tertiary alicyclic amines) is 1. The fourth-order valence-electron chi connectivity index (χ4n) is 2.35. The Kier molecular flexibility index (Phi) is 3.08. The second kappa shape index (κ2) is 4.14. The van der Waals surface area contributed by atoms with Crippen molar-refractivity contribution in [2.24, 2.45) is 5.73 Å². The molecule has 1 amide bonds. The predicted octanol–water partition coefficient (Wildman–Crippen LogP) is 1.11. The Balaban J connectivity index is 1.91. The molecule has 0 aromatic heterocycles. The molecule has 5 nitrogen and oxygen atoms in total. The normalized spacial score (nSPS) is 33.4. The van der Waals surface area contributed by atoms with Crippen molar-refractivity contribution in [1.82, 2.24) is 4.90 Å². The van der Waals surface area contributed by atoms with Crippen LogP contribution in [-0.4, -0.2) is 47.9 Å². The van der Waals surface area contributed by atoms with Crippen molar-refractivity contribution in [3.63, 3.8) is 0 Å². The number of rotatable bonds is 0. The van der Waals surface area contributed by atoms with Crippen molar-refractivity contribution in [2.45, 2.75) is 50.9 Å². The number of ether oxygens (including phenoxy) is 2. The Bertz CT molecular complexity index is 307. The van der Waals surface area contributed by atoms with E-state index in [0.717, 1.165) is 19.4 Å². The standard InChI is InChI=1S/C12H22N2O3/c1-11(2,3)17-10(15)14-6-4-12(5-7-16-12)9(13)8-14/h9H,4-8,13H2,1-3H3. The monoisotopic (exact) mass is 242 g/mol. The van der Waals surface area contributed by atoms with Crippen molar-refractivity contribution < 1.29 is 14.3 Å². The van der Waals surface area contributed by atoms with Crippen LogP contribution in [0.3, 0.4) is 0 Å². The molecule has 17 heavy (non-hydrogen) atoms. The third-order valence-electron chi connectivity index (χ3n) is 3.46. The van der Waals surface area contributed by atoms with E-state index >= 15 is 0 Å². The molecule has 2 fully saturated rings. The van der Waals surface area contributed by atoms with Crippen molar-refractivity contribution in [3.8, 4) is 0 Å². The summed E-state index contributed by atoms with van der Waals surface area (Å²) < 4.78 is 10.9. The third kappa shape index (κ3) is 2.55. The van der Waals surface area contributed by atoms with E-state index in [4.69, 9.17) is 15.2 Å². The van der Waals surface area contributed by atoms with Gasteiger partial charge < -0.3 is 20.1 Å². The largest absolute Gasteiger partial charge is 0.444 e. The van der Waals surface area contributed by atoms with E-state index < -0.39 is 5.60 Å². The summed E-state index contributed by atoms with van der Waals surface area (Å²) in [6, 6.07) is -0.0995. The summed E-state index contributed by atoms with van der Waals surface area (Å²) in [4.78, 5) is 13.6. The van der Waals surface area contributed by atoms with Crippen molar-refractivity contribution >= 4 is 6.09 Å². The summed E-state index contributed by atoms with van der Waals surface area (Å²) in [5, 5.41) is 0. The number of carbonyl (C=O) groups is 1. The summed E-state index contributed by atoms with van der Waals surface area (Å²) in [6.07, 6.45) is 1.55. The lowest BCUT2D eigenvalue weighted by Gasteiger charge is -2.51. The summed E-state index contributed by atoms with van der Waals surface area (Å²) in [7, 11) is 0. The molecule has 5 heteroatoms. The summed E-state index contributed by atoms with van der Waals surface area (Å²) >= 11 is 0. The molecular formula is C12H22N2O3. The van der Waals surface area contributed by atoms with Gasteiger partial charge in [0.15, 0.2) is 0 Å². The molecule has 2 N–H and O–H groups in total. The lowest BCUT2D eigenvalue weighted by atomic mass is 9.81. The fourth-order valence-corrected chi connectivity index (χ4v) is 2.35. The minimum Gasteiger partial charge on any atom is -0.444 e. The fraction of sp³-hybridized carbons (Fsp3) is 0.917. The first kappa shape index (κ1) is 12.6. The van der Waals surface area contributed by atoms with Gasteiger partial charge >= 0.3 is 6.09 Å². The minimum atomic E-state index is -0.455. The van der Waals surface area contributed by atoms with Crippen LogP contribution in [0.2, 0.25) is 0 Å². The van der Waals surface area contributed by atoms with E-state index in [1.54, 1.807) is 4.90 Å². The SMILES string of the molecule is CC(C)(C)OC(=O)N1CCC2(CCO2)C(N)C1. The van der Waals surface area contributed by atoms with E-state index in [1.165, 1.54) is 0 Å². The van der Waals surface area contributed by atoms with Gasteiger partial charge in [-0.3, -0.25) is 0 Å². The van der Waals surface area contributed by atoms with Crippen LogP contribution < -0.4 is 5.73 Å². The number of nitrogens with two attached hydrogens (primary N) is 1. The van der Waals surface area contributed by atoms with Gasteiger partial charge in [-0.2, -0.15) is 0 Å². The molecule has 2 heterocycles. The first-order chi connectivity index (χ1) is 7.82. The Labute approximate surface area is 102 Å². The van der Waals surface area contributed by atoms with Gasteiger partial charge in [0, 0.05) is 19.5 Å². The zero-order chi connectivity index (χ0) is 12.7. The molecule has 2 aliphatic heterocycles. The third-order valence-corrected chi connectivity index (χ3v) is 3.46. The van der Waals surface area contributed by atoms with Crippen LogP contribution in [0, 0.1) is 0 Å². The average Bonchev–Trinajstić information content (AvgIpc) is 2.12. The number of carbonyl (C=O) groups excluding carboxylic acids is 1. The lowest BCUT2D eigenvalue weighted by molar-refractivity contribution is -0.181. The van der Waals surface area contributed by atoms with Gasteiger partial charge in [0.05, 0.1) is 18.2 Å². The van der Waals surface area contributed by atoms with Gasteiger partial charge in [-0.1, -0.05) is 0 Å². The molecule has 0 saturated carbocycles. The first-order valence-corrected chi connectivity index (χ1v) is 6.20. The second-order valence-electron chi connectivity index (χ2n) is 5.95. The Morgan fingerprint density at radius 1 is 1.47 bits per heavy atom. The molecule has 2 unspecified atom stereocenters. The highest BCUT2D eigenvalue weighted by Gasteiger charge is 2.48. The molecule has 0 aromatic rings. The topological polar surface area (TPSA) is 64.8 Å². The maximum Gasteiger partial charge on any atom is 0.410 e. The molecule has 0 aliphatic carbocycles. The predicted molar refractivity (Wildman–Crippen MR) is 63.7 cm³/mol. The molecule has 2 aliphatic rings. The molecule has 0 bridgehead atoms. The van der Waals surface area contributed by atoms with Gasteiger partial charge in [-0.25, -0.2) is 4.79 Å². The maximum absolute atomic E-state index is 11.9. The highest BCUT2D eigenvalue weighted by atomic mass is 16.6. The van der Waals surface area contributed by atoms with Crippen LogP contribution in [0.15, 0.2) is 0 Å². The van der Waals surface area contributed by atoms with E-state index in [-0.39, 0.29) is 17.7 Å². The van der Waals surface area contributed by atoms with E-state index in [0.29, 0.717) is 13.1 Å². The molecule has 2 saturated heterocycles. The van der Waals surface area contributed by atoms with E-state index in [9.17, 15) is 4.79 Å². The molecule has 2 atom stereocenters. The van der Waals surface area contributed by atoms with Gasteiger partial charge in [0.1, 0.15) is 5.60 Å². The number of piperidine rings is 1. The highest BCUT2D eigenvalue weighted by Crippen LogP contribution is 2.36. The lowest BCUT2D eigenvalue weighted by Crippen LogP contribution is -2.66. The average molecular weight is 242 g/mol. The summed E-state index contributed by atoms with van der Waals surface area (Å²) in [5.41, 5.74) is 5.47. The van der Waals surface area contributed by atoms with Crippen LogP contribution in [0.1, 0.15) is 33.6 Å². The minimum absolute atomic E-state index is 0.0995. The number of hydrogen-bond donors (Lipinski definition) is 1. The van der Waals surface area contributed by atoms with Gasteiger partial charge in [0.25, 0.3) is 0 Å². The number of nitrogens with zero attached hydrogens (tertiary/aromatic N) is 1. The van der Waals surface area contributed by atoms with E-state index in [1.807, 2.05) is 20.8 Å². The number of amides is 1. The Morgan fingerprint density at radius 3 is 2.53 bits per heavy atom. The van der Waals surface area contributed by atoms with Crippen LogP contribution in [0.4, 0.5) is 4.79 Å². The number of hydrogen-bond acceptors (Lipinski definition) is 4. The van der Waals surface area contributed by atoms with Crippen LogP contribution in [0.5, 0.6) is 0 Å². The molecule has 2 rings (SSSR count). The molecule has 1 spiro atoms. The second-order valence-corrected chi connectivity index (χ2v) is 5.95. The zero-order valence-corrected chi connectivity index (χ0v) is 10.9. The van der Waals surface area contributed by atoms with E-state index in [2.05, 4.69) is 0 Å². The smallest absolute Gasteiger partial charge is 0.410 e. The van der Waals surface area contributed by atoms with Crippen LogP contribution in [0.25, 0.3) is 0 Å². The maximum atomic E-state index is 11.9. The first-order valence-electron chi connectivity index (χ1n) is 6.20. The van der Waals surface area contributed by atoms with Gasteiger partial charge in [0.2, 0.25) is 0 Å². The van der Waals surface area contributed by atoms with Gasteiger partial charge in [-0.15, -0.1) is 0 Å².